The van der Waals surface area contributed by atoms with Gasteiger partial charge in [-0.15, -0.1) is 0 Å². The number of likely N-dealkylation sites (tertiary alicyclic amines) is 1. The van der Waals surface area contributed by atoms with Crippen molar-refractivity contribution in [1.29, 1.82) is 0 Å². The predicted octanol–water partition coefficient (Wildman–Crippen LogP) is 5.10. The SMILES string of the molecule is COC(=O)c1ccccc1N1CN=C2C3C(=CCC(C)C3C)N(Cc3ccc(-n4cccn4)cc3)C(C)C2C1=O. The molecule has 1 amide bonds. The molecule has 0 saturated carbocycles. The lowest BCUT2D eigenvalue weighted by molar-refractivity contribution is -0.123. The fourth-order valence-electron chi connectivity index (χ4n) is 6.53. The molecule has 1 saturated heterocycles. The van der Waals surface area contributed by atoms with Gasteiger partial charge in [0.05, 0.1) is 30.0 Å². The summed E-state index contributed by atoms with van der Waals surface area (Å²) in [7, 11) is 1.36. The van der Waals surface area contributed by atoms with Crippen LogP contribution in [0.1, 0.15) is 43.1 Å². The molecule has 0 radical (unpaired) electrons. The molecular weight excluding hydrogens is 502 g/mol. The Balaban J connectivity index is 1.37. The number of para-hydroxylation sites is 1. The van der Waals surface area contributed by atoms with Crippen LogP contribution in [0.5, 0.6) is 0 Å². The second-order valence-corrected chi connectivity index (χ2v) is 11.1. The summed E-state index contributed by atoms with van der Waals surface area (Å²) in [6.45, 7) is 7.60. The molecule has 8 nitrogen and oxygen atoms in total. The summed E-state index contributed by atoms with van der Waals surface area (Å²) in [5.41, 5.74) is 5.36. The molecule has 0 bridgehead atoms. The maximum Gasteiger partial charge on any atom is 0.339 e. The molecule has 0 spiro atoms. The monoisotopic (exact) mass is 537 g/mol. The zero-order valence-electron chi connectivity index (χ0n) is 23.4. The summed E-state index contributed by atoms with van der Waals surface area (Å²) < 4.78 is 6.86. The Morgan fingerprint density at radius 3 is 2.52 bits per heavy atom. The van der Waals surface area contributed by atoms with E-state index >= 15 is 0 Å². The van der Waals surface area contributed by atoms with Crippen LogP contribution in [0, 0.1) is 23.7 Å². The van der Waals surface area contributed by atoms with E-state index in [4.69, 9.17) is 9.73 Å². The first kappa shape index (κ1) is 26.0. The Morgan fingerprint density at radius 1 is 1.02 bits per heavy atom. The molecule has 3 heterocycles. The van der Waals surface area contributed by atoms with Gasteiger partial charge in [-0.05, 0) is 61.1 Å². The van der Waals surface area contributed by atoms with Crippen molar-refractivity contribution >= 4 is 23.3 Å². The summed E-state index contributed by atoms with van der Waals surface area (Å²) in [6, 6.07) is 17.4. The highest BCUT2D eigenvalue weighted by Crippen LogP contribution is 2.46. The van der Waals surface area contributed by atoms with Crippen LogP contribution in [-0.4, -0.2) is 52.1 Å². The molecule has 8 heteroatoms. The lowest BCUT2D eigenvalue weighted by Crippen LogP contribution is -2.61. The van der Waals surface area contributed by atoms with Gasteiger partial charge in [0.1, 0.15) is 6.67 Å². The number of anilines is 1. The van der Waals surface area contributed by atoms with Crippen LogP contribution in [0.4, 0.5) is 5.69 Å². The normalized spacial score (nSPS) is 26.0. The van der Waals surface area contributed by atoms with Crippen molar-refractivity contribution in [2.24, 2.45) is 28.7 Å². The Labute approximate surface area is 235 Å². The third-order valence-corrected chi connectivity index (χ3v) is 8.97. The van der Waals surface area contributed by atoms with E-state index in [2.05, 4.69) is 61.1 Å². The van der Waals surface area contributed by atoms with Crippen molar-refractivity contribution in [1.82, 2.24) is 14.7 Å². The molecule has 1 aliphatic carbocycles. The number of esters is 1. The summed E-state index contributed by atoms with van der Waals surface area (Å²) in [5, 5.41) is 4.33. The Hall–Kier alpha value is -4.20. The molecule has 1 fully saturated rings. The van der Waals surface area contributed by atoms with E-state index in [1.54, 1.807) is 29.3 Å². The molecule has 206 valence electrons. The molecule has 2 aromatic carbocycles. The van der Waals surface area contributed by atoms with Crippen LogP contribution in [0.15, 0.2) is 83.8 Å². The maximum atomic E-state index is 14.3. The molecular formula is C32H35N5O3. The van der Waals surface area contributed by atoms with E-state index in [9.17, 15) is 9.59 Å². The topological polar surface area (TPSA) is 80.0 Å². The van der Waals surface area contributed by atoms with Gasteiger partial charge in [-0.25, -0.2) is 9.48 Å². The molecule has 5 unspecified atom stereocenters. The second-order valence-electron chi connectivity index (χ2n) is 11.1. The van der Waals surface area contributed by atoms with Crippen molar-refractivity contribution < 1.29 is 14.3 Å². The van der Waals surface area contributed by atoms with E-state index in [0.29, 0.717) is 29.6 Å². The smallest absolute Gasteiger partial charge is 0.339 e. The van der Waals surface area contributed by atoms with Gasteiger partial charge in [0.2, 0.25) is 5.91 Å². The molecule has 3 aliphatic rings. The number of amides is 1. The molecule has 2 aliphatic heterocycles. The minimum absolute atomic E-state index is 0.0163. The molecule has 5 atom stereocenters. The Morgan fingerprint density at radius 2 is 1.80 bits per heavy atom. The van der Waals surface area contributed by atoms with Gasteiger partial charge >= 0.3 is 5.97 Å². The van der Waals surface area contributed by atoms with E-state index in [1.165, 1.54) is 18.4 Å². The first-order valence-corrected chi connectivity index (χ1v) is 14.0. The lowest BCUT2D eigenvalue weighted by atomic mass is 9.66. The lowest BCUT2D eigenvalue weighted by Gasteiger charge is -2.53. The average Bonchev–Trinajstić information content (AvgIpc) is 3.52. The van der Waals surface area contributed by atoms with Gasteiger partial charge in [0, 0.05) is 42.3 Å². The number of fused-ring (bicyclic) bond motifs is 3. The van der Waals surface area contributed by atoms with Gasteiger partial charge in [-0.3, -0.25) is 14.7 Å². The standard InChI is InChI=1S/C32H35N5O3/c1-20-10-15-27-28(21(20)2)30-29(31(38)36(19-33-30)26-9-6-5-8-25(26)32(39)40-4)22(3)35(27)18-23-11-13-24(14-12-23)37-17-7-16-34-37/h5-9,11-17,20-22,28-29H,10,18-19H2,1-4H3. The first-order valence-electron chi connectivity index (χ1n) is 14.0. The summed E-state index contributed by atoms with van der Waals surface area (Å²) in [5.74, 6) is 0.0642. The number of hydrogen-bond acceptors (Lipinski definition) is 6. The van der Waals surface area contributed by atoms with Crippen molar-refractivity contribution in [3.05, 3.63) is 89.9 Å². The number of methoxy groups -OCH3 is 1. The van der Waals surface area contributed by atoms with Gasteiger partial charge in [-0.1, -0.05) is 44.2 Å². The quantitative estimate of drug-likeness (QED) is 0.423. The number of nitrogens with zero attached hydrogens (tertiary/aromatic N) is 5. The van der Waals surface area contributed by atoms with Crippen LogP contribution in [0.3, 0.4) is 0 Å². The summed E-state index contributed by atoms with van der Waals surface area (Å²) >= 11 is 0. The zero-order valence-corrected chi connectivity index (χ0v) is 23.4. The second kappa shape index (κ2) is 10.4. The molecule has 40 heavy (non-hydrogen) atoms. The van der Waals surface area contributed by atoms with Crippen LogP contribution >= 0.6 is 0 Å². The third kappa shape index (κ3) is 4.31. The molecule has 3 aromatic rings. The van der Waals surface area contributed by atoms with Crippen molar-refractivity contribution in [2.45, 2.75) is 39.8 Å². The minimum atomic E-state index is -0.463. The first-order chi connectivity index (χ1) is 19.4. The number of carbonyl (C=O) groups is 2. The van der Waals surface area contributed by atoms with Crippen LogP contribution in [0.25, 0.3) is 5.69 Å². The molecule has 1 aromatic heterocycles. The predicted molar refractivity (Wildman–Crippen MR) is 154 cm³/mol. The third-order valence-electron chi connectivity index (χ3n) is 8.97. The highest BCUT2D eigenvalue weighted by Gasteiger charge is 2.51. The van der Waals surface area contributed by atoms with Crippen molar-refractivity contribution in [3.63, 3.8) is 0 Å². The number of aliphatic imine (C=N–C) groups is 1. The fraction of sp³-hybridized carbons (Fsp3) is 0.375. The average molecular weight is 538 g/mol. The minimum Gasteiger partial charge on any atom is -0.465 e. The number of hydrogen-bond donors (Lipinski definition) is 0. The highest BCUT2D eigenvalue weighted by atomic mass is 16.5. The number of rotatable bonds is 5. The number of ether oxygens (including phenoxy) is 1. The largest absolute Gasteiger partial charge is 0.465 e. The van der Waals surface area contributed by atoms with Gasteiger partial charge in [-0.2, -0.15) is 5.10 Å². The molecule has 0 N–H and O–H groups in total. The fourth-order valence-corrected chi connectivity index (χ4v) is 6.53. The number of aromatic nitrogens is 2. The van der Waals surface area contributed by atoms with Crippen LogP contribution in [0.2, 0.25) is 0 Å². The van der Waals surface area contributed by atoms with Crippen LogP contribution in [-0.2, 0) is 16.1 Å². The van der Waals surface area contributed by atoms with Gasteiger partial charge in [0.25, 0.3) is 0 Å². The number of piperidine rings is 1. The van der Waals surface area contributed by atoms with E-state index in [0.717, 1.165) is 17.8 Å². The zero-order chi connectivity index (χ0) is 28.0. The van der Waals surface area contributed by atoms with Gasteiger partial charge in [0.15, 0.2) is 0 Å². The van der Waals surface area contributed by atoms with Crippen LogP contribution < -0.4 is 4.90 Å². The van der Waals surface area contributed by atoms with E-state index in [-0.39, 0.29) is 24.5 Å². The van der Waals surface area contributed by atoms with E-state index in [1.807, 2.05) is 23.0 Å². The number of allylic oxidation sites excluding steroid dienone is 2. The summed E-state index contributed by atoms with van der Waals surface area (Å²) in [6.07, 6.45) is 7.08. The van der Waals surface area contributed by atoms with E-state index < -0.39 is 11.9 Å². The van der Waals surface area contributed by atoms with Crippen molar-refractivity contribution in [3.8, 4) is 5.69 Å². The highest BCUT2D eigenvalue weighted by molar-refractivity contribution is 6.16. The number of benzene rings is 2. The Kier molecular flexibility index (Phi) is 6.78. The maximum absolute atomic E-state index is 14.3. The summed E-state index contributed by atoms with van der Waals surface area (Å²) in [4.78, 5) is 36.0. The number of carbonyl (C=O) groups excluding carboxylic acids is 2. The molecule has 6 rings (SSSR count). The van der Waals surface area contributed by atoms with Gasteiger partial charge < -0.3 is 9.64 Å². The Bertz CT molecular complexity index is 1480. The van der Waals surface area contributed by atoms with Crippen molar-refractivity contribution in [2.75, 3.05) is 18.7 Å².